The summed E-state index contributed by atoms with van der Waals surface area (Å²) < 4.78 is 47.0. The molecule has 8 nitrogen and oxygen atoms in total. The quantitative estimate of drug-likeness (QED) is 0.231. The summed E-state index contributed by atoms with van der Waals surface area (Å²) in [7, 11) is 0. The lowest BCUT2D eigenvalue weighted by molar-refractivity contribution is -0.137. The Hall–Kier alpha value is -4.03. The van der Waals surface area contributed by atoms with Crippen LogP contribution in [-0.2, 0) is 22.3 Å². The summed E-state index contributed by atoms with van der Waals surface area (Å²) >= 11 is 6.85. The van der Waals surface area contributed by atoms with E-state index in [2.05, 4.69) is 20.8 Å². The van der Waals surface area contributed by atoms with Crippen LogP contribution in [0.4, 0.5) is 18.9 Å². The average Bonchev–Trinajstić information content (AvgIpc) is 3.33. The molecule has 0 fully saturated rings. The Balaban J connectivity index is 1.44. The number of aromatic nitrogens is 3. The number of carbonyl (C=O) groups is 2. The van der Waals surface area contributed by atoms with Crippen LogP contribution in [0.5, 0.6) is 5.75 Å². The molecule has 40 heavy (non-hydrogen) atoms. The summed E-state index contributed by atoms with van der Waals surface area (Å²) in [5, 5.41) is 14.2. The lowest BCUT2D eigenvalue weighted by Gasteiger charge is -2.14. The number of alkyl halides is 3. The van der Waals surface area contributed by atoms with Gasteiger partial charge in [-0.25, -0.2) is 0 Å². The fourth-order valence-electron chi connectivity index (χ4n) is 3.60. The molecule has 0 radical (unpaired) electrons. The molecule has 4 aromatic rings. The maximum atomic E-state index is 13.3. The number of hydrogen-bond donors (Lipinski definition) is 2. The van der Waals surface area contributed by atoms with Crippen molar-refractivity contribution in [2.45, 2.75) is 24.8 Å². The molecule has 1 heterocycles. The van der Waals surface area contributed by atoms with Crippen LogP contribution in [0.25, 0.3) is 5.69 Å². The van der Waals surface area contributed by atoms with Gasteiger partial charge in [-0.1, -0.05) is 47.6 Å². The van der Waals surface area contributed by atoms with Crippen molar-refractivity contribution >= 4 is 40.9 Å². The monoisotopic (exact) mass is 589 g/mol. The molecule has 2 amide bonds. The normalized spacial score (nSPS) is 11.2. The van der Waals surface area contributed by atoms with E-state index in [1.807, 2.05) is 31.2 Å². The Morgan fingerprint density at radius 2 is 1.75 bits per heavy atom. The Bertz CT molecular complexity index is 1500. The second-order valence-corrected chi connectivity index (χ2v) is 9.85. The lowest BCUT2D eigenvalue weighted by Crippen LogP contribution is -2.29. The SMILES string of the molecule is Cc1cccc(-n2c(CNC(=O)COc3ccc(Cl)cc3)nnc2SCC(=O)Nc2ccccc2C(F)(F)F)c1. The second kappa shape index (κ2) is 12.9. The van der Waals surface area contributed by atoms with Crippen molar-refractivity contribution in [1.29, 1.82) is 0 Å². The molecule has 1 aromatic heterocycles. The van der Waals surface area contributed by atoms with Gasteiger partial charge in [-0.2, -0.15) is 13.2 Å². The van der Waals surface area contributed by atoms with Gasteiger partial charge >= 0.3 is 6.18 Å². The van der Waals surface area contributed by atoms with Gasteiger partial charge in [0.25, 0.3) is 5.91 Å². The number of ether oxygens (including phenoxy) is 1. The maximum absolute atomic E-state index is 13.3. The van der Waals surface area contributed by atoms with Crippen molar-refractivity contribution in [3.8, 4) is 11.4 Å². The third-order valence-corrected chi connectivity index (χ3v) is 6.61. The van der Waals surface area contributed by atoms with Crippen LogP contribution in [0.2, 0.25) is 5.02 Å². The van der Waals surface area contributed by atoms with Crippen molar-refractivity contribution in [2.75, 3.05) is 17.7 Å². The van der Waals surface area contributed by atoms with E-state index in [0.29, 0.717) is 27.4 Å². The zero-order chi connectivity index (χ0) is 28.7. The number of para-hydroxylation sites is 1. The third kappa shape index (κ3) is 7.76. The van der Waals surface area contributed by atoms with Gasteiger partial charge in [-0.15, -0.1) is 10.2 Å². The topological polar surface area (TPSA) is 98.1 Å². The summed E-state index contributed by atoms with van der Waals surface area (Å²) in [4.78, 5) is 25.0. The standard InChI is InChI=1S/C27H23ClF3N5O3S/c1-17-5-4-6-19(13-17)36-23(14-32-24(37)15-39-20-11-9-18(28)10-12-20)34-35-26(36)40-16-25(38)33-22-8-3-2-7-21(22)27(29,30)31/h2-13H,14-16H2,1H3,(H,32,37)(H,33,38). The van der Waals surface area contributed by atoms with E-state index in [1.54, 1.807) is 28.8 Å². The number of benzene rings is 3. The van der Waals surface area contributed by atoms with Crippen LogP contribution < -0.4 is 15.4 Å². The number of thioether (sulfide) groups is 1. The molecular formula is C27H23ClF3N5O3S. The second-order valence-electron chi connectivity index (χ2n) is 8.47. The smallest absolute Gasteiger partial charge is 0.418 e. The van der Waals surface area contributed by atoms with Crippen LogP contribution in [0.3, 0.4) is 0 Å². The number of nitrogens with zero attached hydrogens (tertiary/aromatic N) is 3. The molecule has 3 aromatic carbocycles. The summed E-state index contributed by atoms with van der Waals surface area (Å²) in [6.45, 7) is 1.68. The number of amides is 2. The van der Waals surface area contributed by atoms with Gasteiger partial charge in [-0.3, -0.25) is 14.2 Å². The first-order valence-electron chi connectivity index (χ1n) is 11.9. The fraction of sp³-hybridized carbons (Fsp3) is 0.185. The first-order valence-corrected chi connectivity index (χ1v) is 13.2. The van der Waals surface area contributed by atoms with Crippen LogP contribution in [0.1, 0.15) is 17.0 Å². The number of carbonyl (C=O) groups excluding carboxylic acids is 2. The Morgan fingerprint density at radius 1 is 1.00 bits per heavy atom. The predicted octanol–water partition coefficient (Wildman–Crippen LogP) is 5.67. The Labute approximate surface area is 236 Å². The van der Waals surface area contributed by atoms with Crippen molar-refractivity contribution in [1.82, 2.24) is 20.1 Å². The number of hydrogen-bond acceptors (Lipinski definition) is 6. The molecule has 0 aliphatic carbocycles. The fourth-order valence-corrected chi connectivity index (χ4v) is 4.50. The van der Waals surface area contributed by atoms with E-state index in [4.69, 9.17) is 16.3 Å². The lowest BCUT2D eigenvalue weighted by atomic mass is 10.1. The van der Waals surface area contributed by atoms with E-state index in [-0.39, 0.29) is 24.6 Å². The number of rotatable bonds is 10. The molecule has 4 rings (SSSR count). The molecule has 0 aliphatic heterocycles. The van der Waals surface area contributed by atoms with Gasteiger partial charge in [0.1, 0.15) is 5.75 Å². The minimum absolute atomic E-state index is 0.00939. The molecular weight excluding hydrogens is 567 g/mol. The van der Waals surface area contributed by atoms with Gasteiger partial charge in [0.05, 0.1) is 23.5 Å². The van der Waals surface area contributed by atoms with E-state index in [1.165, 1.54) is 18.2 Å². The molecule has 0 saturated carbocycles. The zero-order valence-electron chi connectivity index (χ0n) is 21.0. The molecule has 0 unspecified atom stereocenters. The first-order chi connectivity index (χ1) is 19.1. The molecule has 0 bridgehead atoms. The minimum atomic E-state index is -4.61. The van der Waals surface area contributed by atoms with Gasteiger partial charge in [0.15, 0.2) is 17.6 Å². The zero-order valence-corrected chi connectivity index (χ0v) is 22.6. The molecule has 0 spiro atoms. The van der Waals surface area contributed by atoms with Crippen LogP contribution in [0.15, 0.2) is 78.0 Å². The highest BCUT2D eigenvalue weighted by Gasteiger charge is 2.33. The summed E-state index contributed by atoms with van der Waals surface area (Å²) in [6, 6.07) is 18.8. The number of aryl methyl sites for hydroxylation is 1. The molecule has 2 N–H and O–H groups in total. The number of halogens is 4. The molecule has 13 heteroatoms. The highest BCUT2D eigenvalue weighted by Crippen LogP contribution is 2.34. The minimum Gasteiger partial charge on any atom is -0.484 e. The largest absolute Gasteiger partial charge is 0.484 e. The Kier molecular flexibility index (Phi) is 9.33. The van der Waals surface area contributed by atoms with Gasteiger partial charge in [0.2, 0.25) is 5.91 Å². The summed E-state index contributed by atoms with van der Waals surface area (Å²) in [5.74, 6) is -0.398. The molecule has 0 saturated heterocycles. The predicted molar refractivity (Wildman–Crippen MR) is 146 cm³/mol. The van der Waals surface area contributed by atoms with E-state index < -0.39 is 23.6 Å². The van der Waals surface area contributed by atoms with Gasteiger partial charge < -0.3 is 15.4 Å². The van der Waals surface area contributed by atoms with Crippen LogP contribution >= 0.6 is 23.4 Å². The highest BCUT2D eigenvalue weighted by molar-refractivity contribution is 7.99. The third-order valence-electron chi connectivity index (χ3n) is 5.43. The maximum Gasteiger partial charge on any atom is 0.418 e. The van der Waals surface area contributed by atoms with E-state index in [9.17, 15) is 22.8 Å². The average molecular weight is 590 g/mol. The van der Waals surface area contributed by atoms with E-state index >= 15 is 0 Å². The van der Waals surface area contributed by atoms with Crippen molar-refractivity contribution in [3.05, 3.63) is 94.8 Å². The van der Waals surface area contributed by atoms with Crippen molar-refractivity contribution in [2.24, 2.45) is 0 Å². The number of anilines is 1. The van der Waals surface area contributed by atoms with Crippen LogP contribution in [0, 0.1) is 6.92 Å². The molecule has 208 valence electrons. The van der Waals surface area contributed by atoms with Gasteiger partial charge in [0, 0.05) is 10.7 Å². The summed E-state index contributed by atoms with van der Waals surface area (Å²) in [5.41, 5.74) is 0.381. The van der Waals surface area contributed by atoms with Crippen molar-refractivity contribution in [3.63, 3.8) is 0 Å². The van der Waals surface area contributed by atoms with Gasteiger partial charge in [-0.05, 0) is 61.0 Å². The highest BCUT2D eigenvalue weighted by atomic mass is 35.5. The van der Waals surface area contributed by atoms with Crippen LogP contribution in [-0.4, -0.2) is 38.9 Å². The molecule has 0 aliphatic rings. The van der Waals surface area contributed by atoms with E-state index in [0.717, 1.165) is 23.4 Å². The first kappa shape index (κ1) is 29.0. The molecule has 0 atom stereocenters. The Morgan fingerprint density at radius 3 is 2.48 bits per heavy atom. The van der Waals surface area contributed by atoms with Crippen molar-refractivity contribution < 1.29 is 27.5 Å². The number of nitrogens with one attached hydrogen (secondary N) is 2. The summed E-state index contributed by atoms with van der Waals surface area (Å²) in [6.07, 6.45) is -4.61.